The van der Waals surface area contributed by atoms with Crippen LogP contribution in [-0.4, -0.2) is 33.0 Å². The molecule has 0 bridgehead atoms. The lowest BCUT2D eigenvalue weighted by atomic mass is 9.73. The number of anilines is 1. The monoisotopic (exact) mass is 404 g/mol. The maximum Gasteiger partial charge on any atom is 0.494 e. The second-order valence-electron chi connectivity index (χ2n) is 7.49. The van der Waals surface area contributed by atoms with Crippen molar-refractivity contribution in [1.82, 2.24) is 0 Å². The molecule has 1 saturated heterocycles. The van der Waals surface area contributed by atoms with E-state index in [0.29, 0.717) is 24.1 Å². The number of amides is 1. The molecule has 0 aliphatic carbocycles. The van der Waals surface area contributed by atoms with Crippen molar-refractivity contribution in [2.45, 2.75) is 33.6 Å². The second kappa shape index (κ2) is 8.47. The van der Waals surface area contributed by atoms with Crippen molar-refractivity contribution in [3.8, 4) is 6.07 Å². The highest BCUT2D eigenvalue weighted by atomic mass is 32.1. The van der Waals surface area contributed by atoms with Crippen molar-refractivity contribution >= 4 is 45.1 Å². The van der Waals surface area contributed by atoms with E-state index < -0.39 is 19.0 Å². The minimum Gasteiger partial charge on any atom is -0.449 e. The smallest absolute Gasteiger partial charge is 0.449 e. The fourth-order valence-electron chi connectivity index (χ4n) is 2.90. The van der Waals surface area contributed by atoms with Crippen LogP contribution in [0.3, 0.4) is 0 Å². The normalized spacial score (nSPS) is 16.0. The number of benzene rings is 1. The van der Waals surface area contributed by atoms with Gasteiger partial charge < -0.3 is 14.0 Å². The molecule has 1 fully saturated rings. The largest absolute Gasteiger partial charge is 0.494 e. The number of hydrogen-bond acceptors (Lipinski definition) is 6. The van der Waals surface area contributed by atoms with Gasteiger partial charge in [0.1, 0.15) is 16.9 Å². The molecule has 1 N–H and O–H groups in total. The first kappa shape index (κ1) is 20.6. The van der Waals surface area contributed by atoms with Crippen molar-refractivity contribution in [2.75, 3.05) is 25.1 Å². The number of ether oxygens (including phenoxy) is 1. The summed E-state index contributed by atoms with van der Waals surface area (Å²) >= 11 is 1.00. The molecule has 28 heavy (non-hydrogen) atoms. The number of nitrogens with zero attached hydrogens (tertiary/aromatic N) is 1. The zero-order valence-electron chi connectivity index (χ0n) is 16.1. The summed E-state index contributed by atoms with van der Waals surface area (Å²) in [5.74, 6) is -0.469. The minimum absolute atomic E-state index is 0.114. The molecule has 148 valence electrons. The van der Waals surface area contributed by atoms with Crippen LogP contribution in [0.2, 0.25) is 0 Å². The molecule has 0 spiro atoms. The minimum atomic E-state index is -0.692. The van der Waals surface area contributed by atoms with Gasteiger partial charge in [0, 0.05) is 24.0 Å². The highest BCUT2D eigenvalue weighted by Crippen LogP contribution is 2.36. The summed E-state index contributed by atoms with van der Waals surface area (Å²) in [4.78, 5) is 12.0. The van der Waals surface area contributed by atoms with Gasteiger partial charge >= 0.3 is 13.2 Å². The van der Waals surface area contributed by atoms with Gasteiger partial charge in [0.2, 0.25) is 0 Å². The quantitative estimate of drug-likeness (QED) is 0.601. The fraction of sp³-hybridized carbons (Fsp3) is 0.474. The van der Waals surface area contributed by atoms with E-state index in [-0.39, 0.29) is 27.3 Å². The number of hydrogen-bond donors (Lipinski definition) is 1. The summed E-state index contributed by atoms with van der Waals surface area (Å²) in [5.41, 5.74) is 0.642. The Hall–Kier alpha value is -2.15. The lowest BCUT2D eigenvalue weighted by Crippen LogP contribution is -2.47. The third-order valence-corrected chi connectivity index (χ3v) is 5.50. The van der Waals surface area contributed by atoms with Gasteiger partial charge in [0.25, 0.3) is 0 Å². The number of carbonyl (C=O) groups excluding carboxylic acids is 1. The average Bonchev–Trinajstić information content (AvgIpc) is 3.01. The molecule has 3 rings (SSSR count). The summed E-state index contributed by atoms with van der Waals surface area (Å²) in [6.45, 7) is 7.30. The van der Waals surface area contributed by atoms with Crippen LogP contribution in [-0.2, 0) is 14.0 Å². The number of halogens is 1. The van der Waals surface area contributed by atoms with Crippen LogP contribution in [0.25, 0.3) is 10.1 Å². The Morgan fingerprint density at radius 3 is 2.79 bits per heavy atom. The summed E-state index contributed by atoms with van der Waals surface area (Å²) in [7, 11) is -0.692. The lowest BCUT2D eigenvalue weighted by molar-refractivity contribution is 0.0344. The Kier molecular flexibility index (Phi) is 6.23. The maximum absolute atomic E-state index is 14.4. The first-order valence-electron chi connectivity index (χ1n) is 9.18. The molecule has 6 nitrogen and oxygen atoms in total. The summed E-state index contributed by atoms with van der Waals surface area (Å²) in [6, 6.07) is 4.97. The first-order valence-corrected chi connectivity index (χ1v) is 10.00. The molecule has 0 radical (unpaired) electrons. The van der Waals surface area contributed by atoms with E-state index in [2.05, 4.69) is 11.4 Å². The van der Waals surface area contributed by atoms with Gasteiger partial charge in [-0.3, -0.25) is 5.32 Å². The van der Waals surface area contributed by atoms with Crippen LogP contribution < -0.4 is 10.8 Å². The average molecular weight is 404 g/mol. The number of rotatable bonds is 5. The summed E-state index contributed by atoms with van der Waals surface area (Å²) in [6.07, 6.45) is 0.980. The Morgan fingerprint density at radius 1 is 1.43 bits per heavy atom. The Balaban J connectivity index is 1.94. The number of nitrogens with one attached hydrogen (secondary N) is 1. The number of carbonyl (C=O) groups is 1. The molecule has 2 heterocycles. The van der Waals surface area contributed by atoms with Crippen LogP contribution in [0.15, 0.2) is 12.1 Å². The van der Waals surface area contributed by atoms with E-state index in [4.69, 9.17) is 14.0 Å². The Bertz CT molecular complexity index is 915. The molecule has 0 saturated carbocycles. The molecule has 2 aromatic rings. The van der Waals surface area contributed by atoms with Crippen LogP contribution in [0.4, 0.5) is 14.2 Å². The van der Waals surface area contributed by atoms with Crippen LogP contribution >= 0.6 is 11.3 Å². The van der Waals surface area contributed by atoms with Crippen molar-refractivity contribution < 1.29 is 23.2 Å². The molecule has 1 aliphatic heterocycles. The van der Waals surface area contributed by atoms with E-state index in [0.717, 1.165) is 24.2 Å². The van der Waals surface area contributed by atoms with E-state index in [1.165, 1.54) is 6.07 Å². The van der Waals surface area contributed by atoms with Crippen LogP contribution in [0.1, 0.15) is 39.2 Å². The number of fused-ring (bicyclic) bond motifs is 1. The molecule has 0 unspecified atom stereocenters. The SMILES string of the molecule is CCCCOC(=O)Nc1sc2c(F)ccc(B3OCC(C)(C)CO3)c2c1C#N. The Morgan fingerprint density at radius 2 is 2.14 bits per heavy atom. The molecule has 1 aromatic carbocycles. The van der Waals surface area contributed by atoms with Crippen molar-refractivity contribution in [1.29, 1.82) is 5.26 Å². The maximum atomic E-state index is 14.4. The standard InChI is InChI=1S/C19H22BFN2O4S/c1-4-5-8-25-18(24)23-17-12(9-22)15-13(6-7-14(21)16(15)28-17)20-26-10-19(2,3)11-27-20/h6-7H,4-5,8,10-11H2,1-3H3,(H,23,24). The number of nitriles is 1. The molecule has 1 aliphatic rings. The van der Waals surface area contributed by atoms with Crippen molar-refractivity contribution in [3.05, 3.63) is 23.5 Å². The lowest BCUT2D eigenvalue weighted by Gasteiger charge is -2.33. The molecule has 1 aromatic heterocycles. The van der Waals surface area contributed by atoms with Crippen LogP contribution in [0, 0.1) is 22.6 Å². The summed E-state index contributed by atoms with van der Waals surface area (Å²) in [5, 5.41) is 12.9. The van der Waals surface area contributed by atoms with E-state index in [9.17, 15) is 14.4 Å². The zero-order chi connectivity index (χ0) is 20.3. The molecular weight excluding hydrogens is 382 g/mol. The van der Waals surface area contributed by atoms with Gasteiger partial charge in [-0.2, -0.15) is 5.26 Å². The van der Waals surface area contributed by atoms with Gasteiger partial charge in [-0.15, -0.1) is 11.3 Å². The van der Waals surface area contributed by atoms with Crippen molar-refractivity contribution in [2.24, 2.45) is 5.41 Å². The highest BCUT2D eigenvalue weighted by Gasteiger charge is 2.36. The zero-order valence-corrected chi connectivity index (χ0v) is 17.0. The molecule has 1 amide bonds. The van der Waals surface area contributed by atoms with Gasteiger partial charge in [0.15, 0.2) is 0 Å². The van der Waals surface area contributed by atoms with E-state index >= 15 is 0 Å². The first-order chi connectivity index (χ1) is 13.4. The van der Waals surface area contributed by atoms with Gasteiger partial charge in [-0.1, -0.05) is 33.3 Å². The van der Waals surface area contributed by atoms with Gasteiger partial charge in [-0.25, -0.2) is 9.18 Å². The van der Waals surface area contributed by atoms with Gasteiger partial charge in [-0.05, 0) is 17.9 Å². The van der Waals surface area contributed by atoms with Crippen molar-refractivity contribution in [3.63, 3.8) is 0 Å². The molecule has 9 heteroatoms. The fourth-order valence-corrected chi connectivity index (χ4v) is 3.97. The van der Waals surface area contributed by atoms with E-state index in [1.807, 2.05) is 20.8 Å². The third-order valence-electron chi connectivity index (χ3n) is 4.39. The predicted octanol–water partition coefficient (Wildman–Crippen LogP) is 4.03. The summed E-state index contributed by atoms with van der Waals surface area (Å²) < 4.78 is 31.4. The highest BCUT2D eigenvalue weighted by molar-refractivity contribution is 7.23. The topological polar surface area (TPSA) is 80.6 Å². The molecule has 0 atom stereocenters. The number of thiophene rings is 1. The predicted molar refractivity (Wildman–Crippen MR) is 107 cm³/mol. The van der Waals surface area contributed by atoms with E-state index in [1.54, 1.807) is 6.07 Å². The third kappa shape index (κ3) is 4.30. The van der Waals surface area contributed by atoms with Gasteiger partial charge in [0.05, 0.1) is 16.9 Å². The van der Waals surface area contributed by atoms with Crippen LogP contribution in [0.5, 0.6) is 0 Å². The Labute approximate surface area is 167 Å². The second-order valence-corrected chi connectivity index (χ2v) is 8.51. The number of unbranched alkanes of at least 4 members (excludes halogenated alkanes) is 1. The molecular formula is C19H22BFN2O4S.